The molecule has 2 aromatic rings. The Hall–Kier alpha value is -2.97. The number of aromatic nitrogens is 2. The number of hydrogen-bond donors (Lipinski definition) is 2. The predicted octanol–water partition coefficient (Wildman–Crippen LogP) is 2.93. The largest absolute Gasteiger partial charge is 0.467 e. The molecule has 7 nitrogen and oxygen atoms in total. The van der Waals surface area contributed by atoms with Crippen LogP contribution in [0.4, 0.5) is 13.6 Å². The lowest BCUT2D eigenvalue weighted by Crippen LogP contribution is -2.51. The average Bonchev–Trinajstić information content (AvgIpc) is 3.16. The van der Waals surface area contributed by atoms with Gasteiger partial charge in [0.1, 0.15) is 12.1 Å². The van der Waals surface area contributed by atoms with Crippen LogP contribution in [0.3, 0.4) is 0 Å². The molecule has 0 aliphatic carbocycles. The van der Waals surface area contributed by atoms with Crippen LogP contribution in [0.5, 0.6) is 0 Å². The molecule has 2 heterocycles. The fourth-order valence-corrected chi connectivity index (χ4v) is 3.60. The molecule has 0 saturated heterocycles. The summed E-state index contributed by atoms with van der Waals surface area (Å²) in [6.45, 7) is 4.09. The molecular formula is C20H24F2N4O3. The third-order valence-electron chi connectivity index (χ3n) is 4.95. The van der Waals surface area contributed by atoms with Gasteiger partial charge in [0.05, 0.1) is 19.1 Å². The van der Waals surface area contributed by atoms with Gasteiger partial charge in [0, 0.05) is 24.2 Å². The Bertz CT molecular complexity index is 900. The molecule has 2 atom stereocenters. The number of amides is 2. The number of imidazole rings is 1. The fourth-order valence-electron chi connectivity index (χ4n) is 3.60. The maximum absolute atomic E-state index is 14.6. The average molecular weight is 406 g/mol. The number of ether oxygens (including phenoxy) is 1. The number of halogens is 2. The second kappa shape index (κ2) is 8.59. The summed E-state index contributed by atoms with van der Waals surface area (Å²) >= 11 is 0. The van der Waals surface area contributed by atoms with Crippen molar-refractivity contribution >= 4 is 12.0 Å². The minimum atomic E-state index is -1.03. The van der Waals surface area contributed by atoms with Gasteiger partial charge in [-0.25, -0.2) is 23.4 Å². The van der Waals surface area contributed by atoms with Crippen LogP contribution in [-0.2, 0) is 16.0 Å². The second-order valence-corrected chi connectivity index (χ2v) is 7.41. The summed E-state index contributed by atoms with van der Waals surface area (Å²) in [6.07, 6.45) is 2.33. The molecule has 1 aromatic carbocycles. The number of esters is 1. The molecule has 2 amide bonds. The van der Waals surface area contributed by atoms with E-state index < -0.39 is 35.7 Å². The maximum atomic E-state index is 14.6. The number of nitrogens with one attached hydrogen (secondary N) is 2. The van der Waals surface area contributed by atoms with E-state index in [0.29, 0.717) is 18.5 Å². The van der Waals surface area contributed by atoms with Gasteiger partial charge in [-0.1, -0.05) is 26.0 Å². The fraction of sp³-hybridized carbons (Fsp3) is 0.450. The van der Waals surface area contributed by atoms with Gasteiger partial charge >= 0.3 is 12.0 Å². The van der Waals surface area contributed by atoms with Gasteiger partial charge in [-0.3, -0.25) is 0 Å². The Kier molecular flexibility index (Phi) is 6.14. The van der Waals surface area contributed by atoms with E-state index in [1.807, 2.05) is 13.8 Å². The SMILES string of the molecule is COC(=O)[C@@H](CC(C)C)NC(=O)N1CCc2[nH]cnc2[C@H]1c1cccc(F)c1F. The molecule has 1 aliphatic rings. The number of methoxy groups -OCH3 is 1. The molecule has 0 radical (unpaired) electrons. The number of H-pyrrole nitrogens is 1. The first-order valence-electron chi connectivity index (χ1n) is 9.44. The van der Waals surface area contributed by atoms with E-state index in [9.17, 15) is 18.4 Å². The van der Waals surface area contributed by atoms with Crippen molar-refractivity contribution in [2.45, 2.75) is 38.8 Å². The molecule has 9 heteroatoms. The van der Waals surface area contributed by atoms with Crippen molar-refractivity contribution in [2.24, 2.45) is 5.92 Å². The number of aromatic amines is 1. The monoisotopic (exact) mass is 406 g/mol. The topological polar surface area (TPSA) is 87.3 Å². The Balaban J connectivity index is 1.95. The van der Waals surface area contributed by atoms with E-state index in [2.05, 4.69) is 15.3 Å². The van der Waals surface area contributed by atoms with Crippen LogP contribution < -0.4 is 5.32 Å². The number of carbonyl (C=O) groups is 2. The van der Waals surface area contributed by atoms with E-state index in [0.717, 1.165) is 11.8 Å². The highest BCUT2D eigenvalue weighted by Crippen LogP contribution is 2.35. The van der Waals surface area contributed by atoms with E-state index >= 15 is 0 Å². The summed E-state index contributed by atoms with van der Waals surface area (Å²) in [5.41, 5.74) is 1.22. The number of rotatable bonds is 5. The highest BCUT2D eigenvalue weighted by Gasteiger charge is 2.37. The van der Waals surface area contributed by atoms with Crippen LogP contribution in [0.2, 0.25) is 0 Å². The Morgan fingerprint density at radius 1 is 1.38 bits per heavy atom. The van der Waals surface area contributed by atoms with Crippen LogP contribution in [0, 0.1) is 17.6 Å². The third kappa shape index (κ3) is 4.23. The molecule has 156 valence electrons. The summed E-state index contributed by atoms with van der Waals surface area (Å²) in [4.78, 5) is 33.8. The Morgan fingerprint density at radius 2 is 2.14 bits per heavy atom. The van der Waals surface area contributed by atoms with Gasteiger partial charge in [0.25, 0.3) is 0 Å². The molecule has 0 saturated carbocycles. The van der Waals surface area contributed by atoms with Gasteiger partial charge in [-0.05, 0) is 18.4 Å². The third-order valence-corrected chi connectivity index (χ3v) is 4.95. The predicted molar refractivity (Wildman–Crippen MR) is 101 cm³/mol. The van der Waals surface area contributed by atoms with Crippen molar-refractivity contribution < 1.29 is 23.1 Å². The quantitative estimate of drug-likeness (QED) is 0.748. The minimum Gasteiger partial charge on any atom is -0.467 e. The zero-order chi connectivity index (χ0) is 21.1. The van der Waals surface area contributed by atoms with Crippen molar-refractivity contribution in [3.63, 3.8) is 0 Å². The van der Waals surface area contributed by atoms with Gasteiger partial charge in [0.2, 0.25) is 0 Å². The summed E-state index contributed by atoms with van der Waals surface area (Å²) in [7, 11) is 1.25. The maximum Gasteiger partial charge on any atom is 0.328 e. The normalized spacial score (nSPS) is 17.0. The zero-order valence-corrected chi connectivity index (χ0v) is 16.5. The lowest BCUT2D eigenvalue weighted by atomic mass is 9.95. The number of urea groups is 1. The van der Waals surface area contributed by atoms with Gasteiger partial charge in [-0.15, -0.1) is 0 Å². The summed E-state index contributed by atoms with van der Waals surface area (Å²) in [5, 5.41) is 2.68. The molecule has 0 spiro atoms. The highest BCUT2D eigenvalue weighted by molar-refractivity contribution is 5.84. The minimum absolute atomic E-state index is 0.00618. The number of benzene rings is 1. The molecule has 0 fully saturated rings. The second-order valence-electron chi connectivity index (χ2n) is 7.41. The first-order chi connectivity index (χ1) is 13.8. The van der Waals surface area contributed by atoms with Crippen LogP contribution in [0.15, 0.2) is 24.5 Å². The molecule has 29 heavy (non-hydrogen) atoms. The van der Waals surface area contributed by atoms with Crippen molar-refractivity contribution in [3.05, 3.63) is 53.1 Å². The summed E-state index contributed by atoms with van der Waals surface area (Å²) in [6, 6.07) is 1.51. The van der Waals surface area contributed by atoms with Crippen molar-refractivity contribution in [2.75, 3.05) is 13.7 Å². The number of fused-ring (bicyclic) bond motifs is 1. The van der Waals surface area contributed by atoms with Crippen molar-refractivity contribution in [1.82, 2.24) is 20.2 Å². The Morgan fingerprint density at radius 3 is 2.83 bits per heavy atom. The van der Waals surface area contributed by atoms with Crippen LogP contribution in [-0.4, -0.2) is 46.6 Å². The smallest absolute Gasteiger partial charge is 0.328 e. The van der Waals surface area contributed by atoms with Gasteiger partial charge < -0.3 is 19.9 Å². The van der Waals surface area contributed by atoms with Gasteiger partial charge in [0.15, 0.2) is 11.6 Å². The number of hydrogen-bond acceptors (Lipinski definition) is 4. The first kappa shape index (κ1) is 20.8. The molecule has 2 N–H and O–H groups in total. The molecule has 0 unspecified atom stereocenters. The van der Waals surface area contributed by atoms with E-state index in [4.69, 9.17) is 4.74 Å². The van der Waals surface area contributed by atoms with E-state index in [1.54, 1.807) is 0 Å². The lowest BCUT2D eigenvalue weighted by molar-refractivity contribution is -0.143. The zero-order valence-electron chi connectivity index (χ0n) is 16.5. The summed E-state index contributed by atoms with van der Waals surface area (Å²) in [5.74, 6) is -2.45. The number of nitrogens with zero attached hydrogens (tertiary/aromatic N) is 2. The van der Waals surface area contributed by atoms with E-state index in [1.165, 1.54) is 30.5 Å². The molecule has 1 aromatic heterocycles. The molecule has 0 bridgehead atoms. The number of carbonyl (C=O) groups excluding carboxylic acids is 2. The highest BCUT2D eigenvalue weighted by atomic mass is 19.2. The van der Waals surface area contributed by atoms with Crippen LogP contribution in [0.1, 0.15) is 43.3 Å². The van der Waals surface area contributed by atoms with Crippen LogP contribution in [0.25, 0.3) is 0 Å². The van der Waals surface area contributed by atoms with Crippen LogP contribution >= 0.6 is 0 Å². The van der Waals surface area contributed by atoms with Crippen molar-refractivity contribution in [1.29, 1.82) is 0 Å². The van der Waals surface area contributed by atoms with E-state index in [-0.39, 0.29) is 18.0 Å². The van der Waals surface area contributed by atoms with Gasteiger partial charge in [-0.2, -0.15) is 0 Å². The summed E-state index contributed by atoms with van der Waals surface area (Å²) < 4.78 is 33.3. The lowest BCUT2D eigenvalue weighted by Gasteiger charge is -2.36. The molecule has 3 rings (SSSR count). The Labute approximate surface area is 167 Å². The standard InChI is InChI=1S/C20H24F2N4O3/c1-11(2)9-15(19(27)29-3)25-20(28)26-8-7-14-17(24-10-23-14)18(26)12-5-4-6-13(21)16(12)22/h4-6,10-11,15,18H,7-9H2,1-3H3,(H,23,24)(H,25,28)/t15-,18-/m1/s1. The molecular weight excluding hydrogens is 382 g/mol. The first-order valence-corrected chi connectivity index (χ1v) is 9.44. The molecule has 1 aliphatic heterocycles. The van der Waals surface area contributed by atoms with Crippen molar-refractivity contribution in [3.8, 4) is 0 Å².